The molecule has 0 saturated heterocycles. The Morgan fingerprint density at radius 1 is 1.53 bits per heavy atom. The summed E-state index contributed by atoms with van der Waals surface area (Å²) in [6.45, 7) is 0.108. The fourth-order valence-electron chi connectivity index (χ4n) is 1.61. The molecule has 6 heteroatoms. The third-order valence-corrected chi connectivity index (χ3v) is 2.43. The van der Waals surface area contributed by atoms with E-state index < -0.39 is 12.1 Å². The molecule has 1 aliphatic heterocycles. The Labute approximate surface area is 97.3 Å². The average Bonchev–Trinajstić information content (AvgIpc) is 2.75. The zero-order chi connectivity index (χ0) is 12.4. The Balaban J connectivity index is 2.27. The van der Waals surface area contributed by atoms with Crippen LogP contribution in [0.4, 0.5) is 0 Å². The first kappa shape index (κ1) is 11.5. The summed E-state index contributed by atoms with van der Waals surface area (Å²) in [7, 11) is 1.48. The highest BCUT2D eigenvalue weighted by Crippen LogP contribution is 2.41. The average molecular weight is 240 g/mol. The number of rotatable bonds is 4. The third-order valence-electron chi connectivity index (χ3n) is 2.43. The van der Waals surface area contributed by atoms with Crippen LogP contribution < -0.4 is 14.2 Å². The van der Waals surface area contributed by atoms with Gasteiger partial charge in [0.2, 0.25) is 12.5 Å². The highest BCUT2D eigenvalue weighted by atomic mass is 16.7. The molecule has 1 aliphatic rings. The summed E-state index contributed by atoms with van der Waals surface area (Å²) in [6.07, 6.45) is -1.46. The number of aliphatic carboxylic acids is 1. The number of carbonyl (C=O) groups is 1. The molecule has 2 N–H and O–H groups in total. The van der Waals surface area contributed by atoms with Gasteiger partial charge in [0.05, 0.1) is 7.11 Å². The molecule has 0 bridgehead atoms. The summed E-state index contributed by atoms with van der Waals surface area (Å²) >= 11 is 0. The molecular weight excluding hydrogens is 228 g/mol. The molecule has 1 unspecified atom stereocenters. The molecule has 6 nitrogen and oxygen atoms in total. The van der Waals surface area contributed by atoms with Crippen LogP contribution in [0.25, 0.3) is 0 Å². The standard InChI is InChI=1S/C11H12O6/c1-15-8-3-6(2-7(12)11(13)14)4-9-10(8)17-5-16-9/h3-4,7,12H,2,5H2,1H3,(H,13,14). The van der Waals surface area contributed by atoms with Crippen molar-refractivity contribution in [1.82, 2.24) is 0 Å². The van der Waals surface area contributed by atoms with Crippen molar-refractivity contribution in [2.45, 2.75) is 12.5 Å². The smallest absolute Gasteiger partial charge is 0.332 e. The van der Waals surface area contributed by atoms with Crippen LogP contribution in [0.5, 0.6) is 17.2 Å². The highest BCUT2D eigenvalue weighted by Gasteiger charge is 2.22. The fourth-order valence-corrected chi connectivity index (χ4v) is 1.61. The van der Waals surface area contributed by atoms with Gasteiger partial charge in [0, 0.05) is 6.42 Å². The van der Waals surface area contributed by atoms with E-state index in [-0.39, 0.29) is 13.2 Å². The number of methoxy groups -OCH3 is 1. The van der Waals surface area contributed by atoms with E-state index in [0.717, 1.165) is 0 Å². The van der Waals surface area contributed by atoms with Gasteiger partial charge in [-0.15, -0.1) is 0 Å². The monoisotopic (exact) mass is 240 g/mol. The number of fused-ring (bicyclic) bond motifs is 1. The van der Waals surface area contributed by atoms with Crippen LogP contribution in [0.15, 0.2) is 12.1 Å². The van der Waals surface area contributed by atoms with E-state index in [1.54, 1.807) is 12.1 Å². The molecule has 0 fully saturated rings. The minimum atomic E-state index is -1.44. The predicted octanol–water partition coefficient (Wildman–Crippen LogP) is 0.412. The lowest BCUT2D eigenvalue weighted by atomic mass is 10.1. The molecule has 0 spiro atoms. The van der Waals surface area contributed by atoms with Gasteiger partial charge in [-0.1, -0.05) is 0 Å². The second-order valence-electron chi connectivity index (χ2n) is 3.59. The van der Waals surface area contributed by atoms with Crippen LogP contribution in [0, 0.1) is 0 Å². The Morgan fingerprint density at radius 2 is 2.29 bits per heavy atom. The van der Waals surface area contributed by atoms with Crippen molar-refractivity contribution in [2.24, 2.45) is 0 Å². The molecule has 0 amide bonds. The van der Waals surface area contributed by atoms with Crippen molar-refractivity contribution in [3.63, 3.8) is 0 Å². The van der Waals surface area contributed by atoms with Crippen LogP contribution in [0.3, 0.4) is 0 Å². The Morgan fingerprint density at radius 3 is 2.94 bits per heavy atom. The number of carboxylic acids is 1. The summed E-state index contributed by atoms with van der Waals surface area (Å²) in [5, 5.41) is 17.9. The van der Waals surface area contributed by atoms with Crippen LogP contribution in [0.2, 0.25) is 0 Å². The van der Waals surface area contributed by atoms with Crippen molar-refractivity contribution >= 4 is 5.97 Å². The molecular formula is C11H12O6. The van der Waals surface area contributed by atoms with Crippen molar-refractivity contribution in [3.05, 3.63) is 17.7 Å². The van der Waals surface area contributed by atoms with E-state index >= 15 is 0 Å². The first-order valence-corrected chi connectivity index (χ1v) is 4.99. The summed E-state index contributed by atoms with van der Waals surface area (Å²) in [4.78, 5) is 10.6. The van der Waals surface area contributed by atoms with Crippen LogP contribution in [0.1, 0.15) is 5.56 Å². The van der Waals surface area contributed by atoms with Crippen molar-refractivity contribution in [2.75, 3.05) is 13.9 Å². The van der Waals surface area contributed by atoms with Crippen LogP contribution in [-0.2, 0) is 11.2 Å². The Hall–Kier alpha value is -1.95. The van der Waals surface area contributed by atoms with E-state index in [1.165, 1.54) is 7.11 Å². The van der Waals surface area contributed by atoms with Crippen LogP contribution >= 0.6 is 0 Å². The Kier molecular flexibility index (Phi) is 3.06. The second-order valence-corrected chi connectivity index (χ2v) is 3.59. The Bertz CT molecular complexity index is 442. The highest BCUT2D eigenvalue weighted by molar-refractivity contribution is 5.72. The van der Waals surface area contributed by atoms with Gasteiger partial charge in [-0.25, -0.2) is 4.79 Å². The largest absolute Gasteiger partial charge is 0.493 e. The normalized spacial score (nSPS) is 14.5. The molecule has 0 saturated carbocycles. The van der Waals surface area contributed by atoms with Gasteiger partial charge >= 0.3 is 5.97 Å². The molecule has 1 atom stereocenters. The molecule has 2 rings (SSSR count). The second kappa shape index (κ2) is 4.50. The minimum absolute atomic E-state index is 0.0116. The number of aliphatic hydroxyl groups is 1. The van der Waals surface area contributed by atoms with Gasteiger partial charge < -0.3 is 24.4 Å². The van der Waals surface area contributed by atoms with Crippen molar-refractivity contribution in [3.8, 4) is 17.2 Å². The van der Waals surface area contributed by atoms with Crippen LogP contribution in [-0.4, -0.2) is 36.2 Å². The maximum absolute atomic E-state index is 10.6. The van der Waals surface area contributed by atoms with Crippen molar-refractivity contribution < 1.29 is 29.2 Å². The van der Waals surface area contributed by atoms with E-state index in [4.69, 9.17) is 19.3 Å². The van der Waals surface area contributed by atoms with Gasteiger partial charge in [-0.3, -0.25) is 0 Å². The first-order chi connectivity index (χ1) is 8.11. The summed E-state index contributed by atoms with van der Waals surface area (Å²) in [5.41, 5.74) is 0.612. The summed E-state index contributed by atoms with van der Waals surface area (Å²) in [5.74, 6) is 0.201. The quantitative estimate of drug-likeness (QED) is 0.793. The van der Waals surface area contributed by atoms with Gasteiger partial charge in [-0.05, 0) is 17.7 Å². The van der Waals surface area contributed by atoms with Gasteiger partial charge in [0.25, 0.3) is 0 Å². The number of aliphatic hydroxyl groups excluding tert-OH is 1. The SMILES string of the molecule is COc1cc(CC(O)C(=O)O)cc2c1OCO2. The molecule has 1 aromatic rings. The molecule has 0 aliphatic carbocycles. The number of hydrogen-bond donors (Lipinski definition) is 2. The van der Waals surface area contributed by atoms with Gasteiger partial charge in [0.1, 0.15) is 0 Å². The van der Waals surface area contributed by atoms with Gasteiger partial charge in [0.15, 0.2) is 17.6 Å². The molecule has 1 aromatic carbocycles. The predicted molar refractivity (Wildman–Crippen MR) is 56.5 cm³/mol. The maximum Gasteiger partial charge on any atom is 0.332 e. The van der Waals surface area contributed by atoms with E-state index in [2.05, 4.69) is 0 Å². The lowest BCUT2D eigenvalue weighted by Crippen LogP contribution is -2.21. The lowest BCUT2D eigenvalue weighted by molar-refractivity contribution is -0.146. The zero-order valence-corrected chi connectivity index (χ0v) is 9.17. The molecule has 0 aromatic heterocycles. The summed E-state index contributed by atoms with van der Waals surface area (Å²) < 4.78 is 15.5. The summed E-state index contributed by atoms with van der Waals surface area (Å²) in [6, 6.07) is 3.26. The van der Waals surface area contributed by atoms with E-state index in [1.807, 2.05) is 0 Å². The molecule has 17 heavy (non-hydrogen) atoms. The molecule has 1 heterocycles. The lowest BCUT2D eigenvalue weighted by Gasteiger charge is -2.09. The number of carboxylic acid groups (broad SMARTS) is 1. The third kappa shape index (κ3) is 2.26. The fraction of sp³-hybridized carbons (Fsp3) is 0.364. The zero-order valence-electron chi connectivity index (χ0n) is 9.17. The number of benzene rings is 1. The van der Waals surface area contributed by atoms with Crippen molar-refractivity contribution in [1.29, 1.82) is 0 Å². The maximum atomic E-state index is 10.6. The molecule has 92 valence electrons. The van der Waals surface area contributed by atoms with E-state index in [0.29, 0.717) is 22.8 Å². The van der Waals surface area contributed by atoms with E-state index in [9.17, 15) is 9.90 Å². The van der Waals surface area contributed by atoms with Gasteiger partial charge in [-0.2, -0.15) is 0 Å². The minimum Gasteiger partial charge on any atom is -0.493 e. The topological polar surface area (TPSA) is 85.2 Å². The number of ether oxygens (including phenoxy) is 3. The number of hydrogen-bond acceptors (Lipinski definition) is 5. The first-order valence-electron chi connectivity index (χ1n) is 4.99. The molecule has 0 radical (unpaired) electrons.